The zero-order chi connectivity index (χ0) is 16.3. The lowest BCUT2D eigenvalue weighted by Gasteiger charge is -2.21. The molecule has 2 amide bonds. The van der Waals surface area contributed by atoms with Crippen molar-refractivity contribution in [2.24, 2.45) is 5.41 Å². The number of aliphatic carboxylic acids is 1. The van der Waals surface area contributed by atoms with Gasteiger partial charge in [0.2, 0.25) is 0 Å². The Morgan fingerprint density at radius 3 is 2.68 bits per heavy atom. The van der Waals surface area contributed by atoms with Crippen LogP contribution in [0.2, 0.25) is 0 Å². The summed E-state index contributed by atoms with van der Waals surface area (Å²) in [5.41, 5.74) is -0.882. The summed E-state index contributed by atoms with van der Waals surface area (Å²) in [5.74, 6) is -1.12. The van der Waals surface area contributed by atoms with E-state index in [4.69, 9.17) is 5.11 Å². The average Bonchev–Trinajstić information content (AvgIpc) is 2.85. The summed E-state index contributed by atoms with van der Waals surface area (Å²) in [6.07, 6.45) is 0.338. The van der Waals surface area contributed by atoms with E-state index in [0.717, 1.165) is 0 Å². The van der Waals surface area contributed by atoms with Crippen LogP contribution >= 0.6 is 0 Å². The van der Waals surface area contributed by atoms with Crippen molar-refractivity contribution in [3.05, 3.63) is 24.3 Å². The molecule has 1 aromatic carbocycles. The summed E-state index contributed by atoms with van der Waals surface area (Å²) in [5, 5.41) is 11.6. The van der Waals surface area contributed by atoms with Gasteiger partial charge in [-0.3, -0.25) is 4.79 Å². The highest BCUT2D eigenvalue weighted by atomic mass is 19.3. The van der Waals surface area contributed by atoms with Gasteiger partial charge in [-0.15, -0.1) is 0 Å². The second-order valence-electron chi connectivity index (χ2n) is 5.34. The van der Waals surface area contributed by atoms with Crippen molar-refractivity contribution < 1.29 is 28.2 Å². The van der Waals surface area contributed by atoms with Crippen LogP contribution in [0.5, 0.6) is 5.75 Å². The second-order valence-corrected chi connectivity index (χ2v) is 5.34. The van der Waals surface area contributed by atoms with E-state index in [1.807, 2.05) is 0 Å². The number of amides is 2. The van der Waals surface area contributed by atoms with Gasteiger partial charge in [-0.05, 0) is 25.5 Å². The SMILES string of the molecule is CC1(C(=O)O)CCN(C(=O)Nc2ccccc2OC(F)F)C1. The maximum atomic E-state index is 12.3. The first-order valence-corrected chi connectivity index (χ1v) is 6.65. The van der Waals surface area contributed by atoms with E-state index >= 15 is 0 Å². The Morgan fingerprint density at radius 2 is 2.09 bits per heavy atom. The van der Waals surface area contributed by atoms with Gasteiger partial charge in [0, 0.05) is 13.1 Å². The Morgan fingerprint density at radius 1 is 1.41 bits per heavy atom. The molecule has 22 heavy (non-hydrogen) atoms. The quantitative estimate of drug-likeness (QED) is 0.895. The molecular weight excluding hydrogens is 298 g/mol. The number of carbonyl (C=O) groups excluding carboxylic acids is 1. The van der Waals surface area contributed by atoms with Crippen molar-refractivity contribution >= 4 is 17.7 Å². The summed E-state index contributed by atoms with van der Waals surface area (Å²) in [7, 11) is 0. The van der Waals surface area contributed by atoms with Crippen molar-refractivity contribution in [3.63, 3.8) is 0 Å². The first kappa shape index (κ1) is 16.0. The van der Waals surface area contributed by atoms with Crippen molar-refractivity contribution in [2.75, 3.05) is 18.4 Å². The molecule has 1 aliphatic heterocycles. The molecule has 0 spiro atoms. The Hall–Kier alpha value is -2.38. The zero-order valence-electron chi connectivity index (χ0n) is 11.9. The van der Waals surface area contributed by atoms with Crippen molar-refractivity contribution in [1.82, 2.24) is 4.90 Å². The van der Waals surface area contributed by atoms with E-state index in [0.29, 0.717) is 6.42 Å². The van der Waals surface area contributed by atoms with Crippen LogP contribution in [0.1, 0.15) is 13.3 Å². The molecule has 120 valence electrons. The monoisotopic (exact) mass is 314 g/mol. The van der Waals surface area contributed by atoms with E-state index in [9.17, 15) is 18.4 Å². The van der Waals surface area contributed by atoms with Gasteiger partial charge in [-0.25, -0.2) is 4.79 Å². The fourth-order valence-corrected chi connectivity index (χ4v) is 2.27. The number of carbonyl (C=O) groups is 2. The third-order valence-corrected chi connectivity index (χ3v) is 3.62. The number of halogens is 2. The molecule has 1 unspecified atom stereocenters. The fourth-order valence-electron chi connectivity index (χ4n) is 2.27. The Labute approximate surface area is 125 Å². The van der Waals surface area contributed by atoms with Crippen molar-refractivity contribution in [1.29, 1.82) is 0 Å². The molecular formula is C14H16F2N2O4. The lowest BCUT2D eigenvalue weighted by atomic mass is 9.90. The van der Waals surface area contributed by atoms with Gasteiger partial charge in [0.1, 0.15) is 5.75 Å². The van der Waals surface area contributed by atoms with Gasteiger partial charge in [0.05, 0.1) is 11.1 Å². The molecule has 1 aliphatic rings. The van der Waals surface area contributed by atoms with Crippen LogP contribution in [0.3, 0.4) is 0 Å². The number of nitrogens with zero attached hydrogens (tertiary/aromatic N) is 1. The third-order valence-electron chi connectivity index (χ3n) is 3.62. The van der Waals surface area contributed by atoms with Crippen LogP contribution in [0, 0.1) is 5.41 Å². The molecule has 1 fully saturated rings. The first-order chi connectivity index (χ1) is 10.3. The zero-order valence-corrected chi connectivity index (χ0v) is 11.9. The van der Waals surface area contributed by atoms with Gasteiger partial charge in [-0.2, -0.15) is 8.78 Å². The number of para-hydroxylation sites is 2. The van der Waals surface area contributed by atoms with Crippen LogP contribution in [-0.4, -0.2) is 41.7 Å². The number of carboxylic acid groups (broad SMARTS) is 1. The molecule has 1 saturated heterocycles. The van der Waals surface area contributed by atoms with Gasteiger partial charge in [-0.1, -0.05) is 12.1 Å². The molecule has 8 heteroatoms. The largest absolute Gasteiger partial charge is 0.481 e. The van der Waals surface area contributed by atoms with E-state index < -0.39 is 24.0 Å². The van der Waals surface area contributed by atoms with E-state index in [-0.39, 0.29) is 24.5 Å². The maximum Gasteiger partial charge on any atom is 0.387 e. The summed E-state index contributed by atoms with van der Waals surface area (Å²) >= 11 is 0. The van der Waals surface area contributed by atoms with E-state index in [1.165, 1.54) is 23.1 Å². The predicted molar refractivity (Wildman–Crippen MR) is 74.0 cm³/mol. The number of alkyl halides is 2. The molecule has 6 nitrogen and oxygen atoms in total. The molecule has 2 rings (SSSR count). The molecule has 0 aromatic heterocycles. The molecule has 1 aromatic rings. The Balaban J connectivity index is 2.06. The van der Waals surface area contributed by atoms with Gasteiger partial charge in [0.15, 0.2) is 0 Å². The highest BCUT2D eigenvalue weighted by Crippen LogP contribution is 2.31. The third kappa shape index (κ3) is 3.44. The minimum absolute atomic E-state index is 0.0615. The highest BCUT2D eigenvalue weighted by Gasteiger charge is 2.42. The molecule has 0 saturated carbocycles. The maximum absolute atomic E-state index is 12.3. The second kappa shape index (κ2) is 6.17. The number of hydrogen-bond acceptors (Lipinski definition) is 3. The minimum atomic E-state index is -3.00. The topological polar surface area (TPSA) is 78.9 Å². The smallest absolute Gasteiger partial charge is 0.387 e. The number of benzene rings is 1. The lowest BCUT2D eigenvalue weighted by Crippen LogP contribution is -2.37. The molecule has 0 aliphatic carbocycles. The number of rotatable bonds is 4. The molecule has 2 N–H and O–H groups in total. The Kier molecular flexibility index (Phi) is 4.48. The van der Waals surface area contributed by atoms with Gasteiger partial charge in [0.25, 0.3) is 0 Å². The average molecular weight is 314 g/mol. The van der Waals surface area contributed by atoms with Gasteiger partial charge < -0.3 is 20.1 Å². The normalized spacial score (nSPS) is 21.0. The van der Waals surface area contributed by atoms with Crippen LogP contribution in [-0.2, 0) is 4.79 Å². The number of anilines is 1. The number of likely N-dealkylation sites (tertiary alicyclic amines) is 1. The minimum Gasteiger partial charge on any atom is -0.481 e. The number of carboxylic acids is 1. The highest BCUT2D eigenvalue weighted by molar-refractivity contribution is 5.91. The van der Waals surface area contributed by atoms with E-state index in [1.54, 1.807) is 13.0 Å². The summed E-state index contributed by atoms with van der Waals surface area (Å²) in [6.45, 7) is -1.09. The molecule has 1 heterocycles. The first-order valence-electron chi connectivity index (χ1n) is 6.65. The van der Waals surface area contributed by atoms with E-state index in [2.05, 4.69) is 10.1 Å². The van der Waals surface area contributed by atoms with Crippen LogP contribution in [0.15, 0.2) is 24.3 Å². The number of ether oxygens (including phenoxy) is 1. The fraction of sp³-hybridized carbons (Fsp3) is 0.429. The Bertz CT molecular complexity index is 582. The number of nitrogens with one attached hydrogen (secondary N) is 1. The predicted octanol–water partition coefficient (Wildman–Crippen LogP) is 2.62. The molecule has 1 atom stereocenters. The van der Waals surface area contributed by atoms with Crippen LogP contribution < -0.4 is 10.1 Å². The summed E-state index contributed by atoms with van der Waals surface area (Å²) in [6, 6.07) is 5.27. The van der Waals surface area contributed by atoms with Crippen molar-refractivity contribution in [2.45, 2.75) is 20.0 Å². The van der Waals surface area contributed by atoms with Crippen LogP contribution in [0.4, 0.5) is 19.3 Å². The molecule has 0 bridgehead atoms. The summed E-state index contributed by atoms with van der Waals surface area (Å²) in [4.78, 5) is 24.6. The lowest BCUT2D eigenvalue weighted by molar-refractivity contribution is -0.146. The van der Waals surface area contributed by atoms with Gasteiger partial charge >= 0.3 is 18.6 Å². The molecule has 0 radical (unpaired) electrons. The van der Waals surface area contributed by atoms with Crippen molar-refractivity contribution in [3.8, 4) is 5.75 Å². The number of urea groups is 1. The summed E-state index contributed by atoms with van der Waals surface area (Å²) < 4.78 is 29.0. The standard InChI is InChI=1S/C14H16F2N2O4/c1-14(11(19)20)6-7-18(8-14)13(21)17-9-4-2-3-5-10(9)22-12(15)16/h2-5,12H,6-8H2,1H3,(H,17,21)(H,19,20). The van der Waals surface area contributed by atoms with Crippen LogP contribution in [0.25, 0.3) is 0 Å². The number of hydrogen-bond donors (Lipinski definition) is 2.